The van der Waals surface area contributed by atoms with Crippen LogP contribution in [0, 0.1) is 12.3 Å². The van der Waals surface area contributed by atoms with Crippen molar-refractivity contribution >= 4 is 0 Å². The number of benzene rings is 1. The average Bonchev–Trinajstić information content (AvgIpc) is 2.15. The summed E-state index contributed by atoms with van der Waals surface area (Å²) in [5.41, 5.74) is 8.58. The quantitative estimate of drug-likeness (QED) is 0.809. The van der Waals surface area contributed by atoms with E-state index in [4.69, 9.17) is 10.5 Å². The lowest BCUT2D eigenvalue weighted by Crippen LogP contribution is -2.26. The van der Waals surface area contributed by atoms with Gasteiger partial charge in [0.25, 0.3) is 0 Å². The molecule has 15 heavy (non-hydrogen) atoms. The smallest absolute Gasteiger partial charge is 0.121 e. The number of aryl methyl sites for hydroxylation is 1. The molecule has 1 aromatic carbocycles. The van der Waals surface area contributed by atoms with Gasteiger partial charge in [-0.1, -0.05) is 32.9 Å². The molecule has 0 saturated carbocycles. The van der Waals surface area contributed by atoms with Crippen LogP contribution in [-0.4, -0.2) is 7.11 Å². The monoisotopic (exact) mass is 207 g/mol. The van der Waals surface area contributed by atoms with E-state index in [-0.39, 0.29) is 11.5 Å². The van der Waals surface area contributed by atoms with Crippen LogP contribution >= 0.6 is 0 Å². The van der Waals surface area contributed by atoms with Gasteiger partial charge in [0.2, 0.25) is 0 Å². The number of hydrogen-bond acceptors (Lipinski definition) is 2. The second-order valence-corrected chi connectivity index (χ2v) is 5.07. The lowest BCUT2D eigenvalue weighted by atomic mass is 9.83. The normalized spacial score (nSPS) is 13.7. The van der Waals surface area contributed by atoms with E-state index in [2.05, 4.69) is 26.8 Å². The lowest BCUT2D eigenvalue weighted by molar-refractivity contribution is 0.326. The fourth-order valence-electron chi connectivity index (χ4n) is 1.60. The van der Waals surface area contributed by atoms with Crippen molar-refractivity contribution in [2.75, 3.05) is 7.11 Å². The van der Waals surface area contributed by atoms with Crippen molar-refractivity contribution in [3.05, 3.63) is 29.3 Å². The highest BCUT2D eigenvalue weighted by Crippen LogP contribution is 2.32. The Hall–Kier alpha value is -1.02. The van der Waals surface area contributed by atoms with E-state index in [0.717, 1.165) is 11.3 Å². The minimum atomic E-state index is 0.0575. The van der Waals surface area contributed by atoms with E-state index in [1.165, 1.54) is 5.56 Å². The maximum atomic E-state index is 6.19. The number of methoxy groups -OCH3 is 1. The van der Waals surface area contributed by atoms with E-state index in [1.807, 2.05) is 19.1 Å². The molecule has 1 rings (SSSR count). The van der Waals surface area contributed by atoms with Crippen LogP contribution in [-0.2, 0) is 0 Å². The van der Waals surface area contributed by atoms with Crippen molar-refractivity contribution in [3.8, 4) is 5.75 Å². The maximum absolute atomic E-state index is 6.19. The molecule has 84 valence electrons. The Bertz CT molecular complexity index is 339. The van der Waals surface area contributed by atoms with Gasteiger partial charge in [0.1, 0.15) is 5.75 Å². The first-order valence-electron chi connectivity index (χ1n) is 5.26. The fraction of sp³-hybridized carbons (Fsp3) is 0.538. The van der Waals surface area contributed by atoms with Crippen LogP contribution in [0.1, 0.15) is 37.9 Å². The molecule has 0 bridgehead atoms. The Morgan fingerprint density at radius 3 is 2.27 bits per heavy atom. The molecule has 0 aliphatic heterocycles. The van der Waals surface area contributed by atoms with Crippen molar-refractivity contribution < 1.29 is 4.74 Å². The minimum Gasteiger partial charge on any atom is -0.496 e. The Morgan fingerprint density at radius 2 is 1.87 bits per heavy atom. The molecule has 0 amide bonds. The first-order valence-corrected chi connectivity index (χ1v) is 5.26. The largest absolute Gasteiger partial charge is 0.496 e. The van der Waals surface area contributed by atoms with Crippen LogP contribution in [0.5, 0.6) is 5.75 Å². The van der Waals surface area contributed by atoms with Crippen molar-refractivity contribution in [1.29, 1.82) is 0 Å². The first kappa shape index (κ1) is 12.1. The molecule has 1 atom stereocenters. The van der Waals surface area contributed by atoms with Crippen LogP contribution in [0.25, 0.3) is 0 Å². The molecule has 0 aromatic heterocycles. The van der Waals surface area contributed by atoms with Gasteiger partial charge in [0.15, 0.2) is 0 Å². The Morgan fingerprint density at radius 1 is 1.27 bits per heavy atom. The van der Waals surface area contributed by atoms with Crippen LogP contribution < -0.4 is 10.5 Å². The van der Waals surface area contributed by atoms with Crippen molar-refractivity contribution in [1.82, 2.24) is 0 Å². The predicted octanol–water partition coefficient (Wildman–Crippen LogP) is 3.05. The van der Waals surface area contributed by atoms with Crippen molar-refractivity contribution in [3.63, 3.8) is 0 Å². The SMILES string of the molecule is COc1ccc([C@@H](N)C(C)(C)C)cc1C. The molecule has 2 nitrogen and oxygen atoms in total. The number of nitrogens with two attached hydrogens (primary N) is 1. The highest BCUT2D eigenvalue weighted by Gasteiger charge is 2.22. The van der Waals surface area contributed by atoms with Gasteiger partial charge in [0.05, 0.1) is 7.11 Å². The first-order chi connectivity index (χ1) is 6.86. The molecular formula is C13H21NO. The van der Waals surface area contributed by atoms with Gasteiger partial charge < -0.3 is 10.5 Å². The lowest BCUT2D eigenvalue weighted by Gasteiger charge is -2.27. The van der Waals surface area contributed by atoms with Gasteiger partial charge >= 0.3 is 0 Å². The summed E-state index contributed by atoms with van der Waals surface area (Å²) in [4.78, 5) is 0. The van der Waals surface area contributed by atoms with Gasteiger partial charge in [-0.2, -0.15) is 0 Å². The summed E-state index contributed by atoms with van der Waals surface area (Å²) in [6.07, 6.45) is 0. The number of ether oxygens (including phenoxy) is 1. The standard InChI is InChI=1S/C13H21NO/c1-9-8-10(6-7-11(9)15-5)12(14)13(2,3)4/h6-8,12H,14H2,1-5H3/t12-/m1/s1. The van der Waals surface area contributed by atoms with Gasteiger partial charge in [0, 0.05) is 6.04 Å². The van der Waals surface area contributed by atoms with Gasteiger partial charge in [-0.15, -0.1) is 0 Å². The zero-order chi connectivity index (χ0) is 11.6. The van der Waals surface area contributed by atoms with Crippen LogP contribution in [0.15, 0.2) is 18.2 Å². The molecule has 0 saturated heterocycles. The van der Waals surface area contributed by atoms with Crippen LogP contribution in [0.4, 0.5) is 0 Å². The fourth-order valence-corrected chi connectivity index (χ4v) is 1.60. The van der Waals surface area contributed by atoms with E-state index in [0.29, 0.717) is 0 Å². The van der Waals surface area contributed by atoms with E-state index in [9.17, 15) is 0 Å². The Balaban J connectivity index is 3.02. The third-order valence-electron chi connectivity index (χ3n) is 2.71. The number of hydrogen-bond donors (Lipinski definition) is 1. The predicted molar refractivity (Wildman–Crippen MR) is 64.1 cm³/mol. The molecule has 0 aliphatic rings. The maximum Gasteiger partial charge on any atom is 0.121 e. The summed E-state index contributed by atoms with van der Waals surface area (Å²) in [6.45, 7) is 8.49. The van der Waals surface area contributed by atoms with E-state index < -0.39 is 0 Å². The molecule has 0 heterocycles. The highest BCUT2D eigenvalue weighted by atomic mass is 16.5. The summed E-state index contributed by atoms with van der Waals surface area (Å²) in [5.74, 6) is 0.917. The zero-order valence-electron chi connectivity index (χ0n) is 10.3. The minimum absolute atomic E-state index is 0.0575. The van der Waals surface area contributed by atoms with Gasteiger partial charge in [-0.25, -0.2) is 0 Å². The molecule has 2 N–H and O–H groups in total. The highest BCUT2D eigenvalue weighted by molar-refractivity contribution is 5.37. The average molecular weight is 207 g/mol. The third kappa shape index (κ3) is 2.72. The summed E-state index contributed by atoms with van der Waals surface area (Å²) < 4.78 is 5.22. The molecule has 0 fully saturated rings. The van der Waals surface area contributed by atoms with E-state index >= 15 is 0 Å². The summed E-state index contributed by atoms with van der Waals surface area (Å²) in [5, 5.41) is 0. The zero-order valence-corrected chi connectivity index (χ0v) is 10.3. The van der Waals surface area contributed by atoms with Crippen molar-refractivity contribution in [2.24, 2.45) is 11.1 Å². The second-order valence-electron chi connectivity index (χ2n) is 5.07. The molecule has 0 radical (unpaired) electrons. The second kappa shape index (κ2) is 4.23. The van der Waals surface area contributed by atoms with Crippen LogP contribution in [0.3, 0.4) is 0 Å². The number of rotatable bonds is 2. The van der Waals surface area contributed by atoms with Crippen molar-refractivity contribution in [2.45, 2.75) is 33.7 Å². The molecule has 0 aliphatic carbocycles. The van der Waals surface area contributed by atoms with Gasteiger partial charge in [-0.05, 0) is 29.5 Å². The molecule has 2 heteroatoms. The molecular weight excluding hydrogens is 186 g/mol. The van der Waals surface area contributed by atoms with Gasteiger partial charge in [-0.3, -0.25) is 0 Å². The molecule has 0 unspecified atom stereocenters. The third-order valence-corrected chi connectivity index (χ3v) is 2.71. The summed E-state index contributed by atoms with van der Waals surface area (Å²) in [7, 11) is 1.69. The van der Waals surface area contributed by atoms with Crippen LogP contribution in [0.2, 0.25) is 0 Å². The summed E-state index contributed by atoms with van der Waals surface area (Å²) in [6, 6.07) is 6.19. The Labute approximate surface area is 92.4 Å². The molecule has 0 spiro atoms. The Kier molecular flexibility index (Phi) is 3.40. The van der Waals surface area contributed by atoms with E-state index in [1.54, 1.807) is 7.11 Å². The topological polar surface area (TPSA) is 35.2 Å². The summed E-state index contributed by atoms with van der Waals surface area (Å²) >= 11 is 0. The molecule has 1 aromatic rings.